The van der Waals surface area contributed by atoms with Crippen LogP contribution in [0.2, 0.25) is 0 Å². The first-order valence-electron chi connectivity index (χ1n) is 14.7. The molecule has 1 aliphatic heterocycles. The zero-order valence-corrected chi connectivity index (χ0v) is 32.6. The molecule has 1 heterocycles. The molecule has 0 saturated heterocycles. The summed E-state index contributed by atoms with van der Waals surface area (Å²) in [5, 5.41) is 0. The molecule has 14 heteroatoms. The second-order valence-electron chi connectivity index (χ2n) is 10.1. The van der Waals surface area contributed by atoms with Crippen LogP contribution in [0.1, 0.15) is 30.0 Å². The van der Waals surface area contributed by atoms with Gasteiger partial charge in [0.1, 0.15) is 0 Å². The maximum atomic E-state index is 13.6. The van der Waals surface area contributed by atoms with Crippen LogP contribution in [-0.4, -0.2) is 58.5 Å². The summed E-state index contributed by atoms with van der Waals surface area (Å²) in [6, 6.07) is 15.1. The molecule has 0 amide bonds. The van der Waals surface area contributed by atoms with Crippen molar-refractivity contribution < 1.29 is 72.0 Å². The van der Waals surface area contributed by atoms with Crippen LogP contribution < -0.4 is 0 Å². The fourth-order valence-corrected chi connectivity index (χ4v) is 6.23. The number of allylic oxidation sites excluding steroid dienone is 2. The number of benzene rings is 2. The Labute approximate surface area is 320 Å². The molecule has 1 fully saturated rings. The summed E-state index contributed by atoms with van der Waals surface area (Å²) in [7, 11) is -0.367. The standard InChI is InChI=1S/C30H32NO8S.C5H5.3CO.W/c1-22-14-16-25(17-15-22)40(35,36)31-21-18-24(27(31)23-10-6-5-7-11-23)12-8-19-30(28(33)38-3,29(34)39-4)20-9-13-26(32)37-2;1-2-4-5-3-1;3*1-2;/h5-17,27H,19-21H2,1-4H3;1-5H;;;;/q-1;;;;;+2/b12-8+,13-9+;;;;;. The fraction of sp³-hybridized carbons (Fsp3) is 0.237. The van der Waals surface area contributed by atoms with Crippen LogP contribution in [0.5, 0.6) is 0 Å². The fourth-order valence-electron chi connectivity index (χ4n) is 4.74. The average molecular weight is 900 g/mol. The van der Waals surface area contributed by atoms with E-state index in [0.717, 1.165) is 31.4 Å². The molecule has 2 aromatic rings. The summed E-state index contributed by atoms with van der Waals surface area (Å²) in [6.07, 6.45) is 18.5. The monoisotopic (exact) mass is 899 g/mol. The van der Waals surface area contributed by atoms with E-state index in [4.69, 9.17) is 23.4 Å². The number of carbonyl (C=O) groups excluding carboxylic acids is 3. The minimum atomic E-state index is -3.88. The number of hydrogen-bond donors (Lipinski definition) is 0. The van der Waals surface area contributed by atoms with Crippen LogP contribution in [0.15, 0.2) is 89.4 Å². The van der Waals surface area contributed by atoms with Gasteiger partial charge in [-0.15, -0.1) is 0 Å². The van der Waals surface area contributed by atoms with Crippen LogP contribution >= 0.6 is 0 Å². The van der Waals surface area contributed by atoms with Gasteiger partial charge in [0.15, 0.2) is 5.41 Å². The van der Waals surface area contributed by atoms with Gasteiger partial charge in [-0.05, 0) is 76.1 Å². The molecular weight excluding hydrogens is 862 g/mol. The Bertz CT molecular complexity index is 1600. The second-order valence-corrected chi connectivity index (χ2v) is 12.0. The van der Waals surface area contributed by atoms with E-state index in [2.05, 4.69) is 30.8 Å². The minimum Gasteiger partial charge on any atom is -0.0312 e. The first kappa shape index (κ1) is 50.0. The van der Waals surface area contributed by atoms with Crippen LogP contribution in [0.3, 0.4) is 0 Å². The number of methoxy groups -OCH3 is 3. The van der Waals surface area contributed by atoms with Crippen molar-refractivity contribution in [1.29, 1.82) is 0 Å². The van der Waals surface area contributed by atoms with Gasteiger partial charge < -0.3 is 14.2 Å². The van der Waals surface area contributed by atoms with E-state index in [1.54, 1.807) is 36.4 Å². The number of rotatable bonds is 11. The van der Waals surface area contributed by atoms with Gasteiger partial charge in [0.25, 0.3) is 0 Å². The molecule has 1 saturated carbocycles. The second kappa shape index (κ2) is 27.5. The van der Waals surface area contributed by atoms with Gasteiger partial charge in [-0.1, -0.05) is 54.1 Å². The molecule has 1 unspecified atom stereocenters. The molecule has 0 N–H and O–H groups in total. The number of sulfonamides is 1. The summed E-state index contributed by atoms with van der Waals surface area (Å²) in [5.41, 5.74) is 0.445. The molecule has 1 aliphatic carbocycles. The number of aryl methyl sites for hydroxylation is 1. The van der Waals surface area contributed by atoms with Gasteiger partial charge >= 0.3 is 72.9 Å². The average Bonchev–Trinajstić information content (AvgIpc) is 3.91. The van der Waals surface area contributed by atoms with Crippen molar-refractivity contribution in [3.63, 3.8) is 0 Å². The molecule has 0 aromatic heterocycles. The SMILES string of the molecule is COC(=O)/C=C/CC(C/C=C/C1=[C-]CN(S(=O)(=O)c2ccc(C)cc2)C1c1ccccc1)(C(=O)OC)C(=O)OC.[C-]#[O+].[C-]#[O+].[C-]#[O+].[CH]1[CH][CH][CH][CH]1.[W+2]. The predicted molar refractivity (Wildman–Crippen MR) is 180 cm³/mol. The van der Waals surface area contributed by atoms with Crippen LogP contribution in [0.4, 0.5) is 0 Å². The Morgan fingerprint density at radius 2 is 1.29 bits per heavy atom. The van der Waals surface area contributed by atoms with Crippen LogP contribution in [0, 0.1) is 70.5 Å². The molecule has 2 aliphatic rings. The number of hydrogen-bond acceptors (Lipinski definition) is 8. The third kappa shape index (κ3) is 14.5. The van der Waals surface area contributed by atoms with Gasteiger partial charge in [0.2, 0.25) is 10.0 Å². The zero-order chi connectivity index (χ0) is 38.9. The Balaban J connectivity index is 0. The quantitative estimate of drug-likeness (QED) is 0.0774. The largest absolute Gasteiger partial charge is 2.00 e. The minimum absolute atomic E-state index is 0. The molecular formula is C38H37NO11SW+. The van der Waals surface area contributed by atoms with Crippen molar-refractivity contribution in [3.8, 4) is 0 Å². The Hall–Kier alpha value is -4.11. The number of ether oxygens (including phenoxy) is 3. The van der Waals surface area contributed by atoms with Crippen molar-refractivity contribution in [2.75, 3.05) is 27.9 Å². The summed E-state index contributed by atoms with van der Waals surface area (Å²) < 4.78 is 65.6. The molecule has 4 rings (SSSR count). The summed E-state index contributed by atoms with van der Waals surface area (Å²) in [4.78, 5) is 37.4. The Kier molecular flexibility index (Phi) is 26.5. The maximum Gasteiger partial charge on any atom is 2.00 e. The van der Waals surface area contributed by atoms with Crippen molar-refractivity contribution in [1.82, 2.24) is 4.31 Å². The van der Waals surface area contributed by atoms with E-state index < -0.39 is 39.4 Å². The van der Waals surface area contributed by atoms with E-state index >= 15 is 0 Å². The smallest absolute Gasteiger partial charge is 0.0312 e. The molecule has 271 valence electrons. The first-order valence-corrected chi connectivity index (χ1v) is 16.1. The summed E-state index contributed by atoms with van der Waals surface area (Å²) in [5.74, 6) is -2.33. The van der Waals surface area contributed by atoms with Crippen molar-refractivity contribution in [3.05, 3.63) is 154 Å². The maximum absolute atomic E-state index is 13.6. The van der Waals surface area contributed by atoms with Crippen molar-refractivity contribution in [2.24, 2.45) is 5.41 Å². The van der Waals surface area contributed by atoms with Crippen molar-refractivity contribution in [2.45, 2.75) is 30.7 Å². The Morgan fingerprint density at radius 1 is 0.808 bits per heavy atom. The normalized spacial score (nSPS) is 14.9. The van der Waals surface area contributed by atoms with E-state index in [0.29, 0.717) is 5.57 Å². The van der Waals surface area contributed by atoms with Crippen LogP contribution in [0.25, 0.3) is 0 Å². The molecule has 0 spiro atoms. The van der Waals surface area contributed by atoms with Crippen molar-refractivity contribution >= 4 is 27.9 Å². The van der Waals surface area contributed by atoms with Gasteiger partial charge in [-0.3, -0.25) is 15.7 Å². The van der Waals surface area contributed by atoms with Gasteiger partial charge in [0.05, 0.1) is 26.2 Å². The third-order valence-electron chi connectivity index (χ3n) is 7.16. The summed E-state index contributed by atoms with van der Waals surface area (Å²) >= 11 is 0. The molecule has 12 nitrogen and oxygen atoms in total. The van der Waals surface area contributed by atoms with E-state index in [9.17, 15) is 22.8 Å². The first-order chi connectivity index (χ1) is 24.6. The van der Waals surface area contributed by atoms with Crippen LogP contribution in [-0.2, 0) is 73.6 Å². The topological polar surface area (TPSA) is 176 Å². The van der Waals surface area contributed by atoms with Gasteiger partial charge in [0, 0.05) is 12.1 Å². The van der Waals surface area contributed by atoms with E-state index in [1.165, 1.54) is 17.5 Å². The molecule has 5 radical (unpaired) electrons. The van der Waals surface area contributed by atoms with E-state index in [-0.39, 0.29) is 45.3 Å². The number of esters is 3. The zero-order valence-electron chi connectivity index (χ0n) is 28.8. The predicted octanol–water partition coefficient (Wildman–Crippen LogP) is 4.77. The number of nitrogens with zero attached hydrogens (tertiary/aromatic N) is 1. The molecule has 0 bridgehead atoms. The molecule has 1 atom stereocenters. The van der Waals surface area contributed by atoms with Gasteiger partial charge in [-0.25, -0.2) is 23.6 Å². The molecule has 2 aromatic carbocycles. The third-order valence-corrected chi connectivity index (χ3v) is 8.98. The van der Waals surface area contributed by atoms with Gasteiger partial charge in [-0.2, -0.15) is 11.6 Å². The number of carbonyl (C=O) groups is 3. The summed E-state index contributed by atoms with van der Waals surface area (Å²) in [6.45, 7) is 15.4. The molecule has 52 heavy (non-hydrogen) atoms. The van der Waals surface area contributed by atoms with E-state index in [1.807, 2.05) is 69.4 Å². The Morgan fingerprint density at radius 3 is 1.75 bits per heavy atom.